The number of halogens is 1. The molecule has 2 aromatic carbocycles. The van der Waals surface area contributed by atoms with Gasteiger partial charge in [-0.25, -0.2) is 4.39 Å². The molecule has 2 N–H and O–H groups in total. The van der Waals surface area contributed by atoms with E-state index in [1.54, 1.807) is 12.1 Å². The first kappa shape index (κ1) is 15.2. The van der Waals surface area contributed by atoms with E-state index in [-0.39, 0.29) is 11.7 Å². The summed E-state index contributed by atoms with van der Waals surface area (Å²) in [5.41, 5.74) is 2.94. The second-order valence-corrected chi connectivity index (χ2v) is 5.30. The number of carbonyl (C=O) groups excluding carboxylic acids is 1. The van der Waals surface area contributed by atoms with Crippen LogP contribution in [0.25, 0.3) is 0 Å². The molecule has 3 nitrogen and oxygen atoms in total. The predicted molar refractivity (Wildman–Crippen MR) is 81.7 cm³/mol. The zero-order valence-corrected chi connectivity index (χ0v) is 12.3. The van der Waals surface area contributed by atoms with Crippen LogP contribution in [0.4, 0.5) is 10.1 Å². The SMILES string of the molecule is Cc1ccccc1C[NH+](C)CC(=O)Nc1cccc(F)c1. The average molecular weight is 287 g/mol. The third-order valence-electron chi connectivity index (χ3n) is 3.32. The summed E-state index contributed by atoms with van der Waals surface area (Å²) in [7, 11) is 1.97. The molecule has 0 aromatic heterocycles. The van der Waals surface area contributed by atoms with Gasteiger partial charge in [0.25, 0.3) is 5.91 Å². The Morgan fingerprint density at radius 3 is 2.67 bits per heavy atom. The number of carbonyl (C=O) groups is 1. The van der Waals surface area contributed by atoms with E-state index in [0.717, 1.165) is 11.4 Å². The maximum atomic E-state index is 13.1. The summed E-state index contributed by atoms with van der Waals surface area (Å²) >= 11 is 0. The topological polar surface area (TPSA) is 33.5 Å². The molecule has 110 valence electrons. The summed E-state index contributed by atoms with van der Waals surface area (Å²) in [6.45, 7) is 3.18. The van der Waals surface area contributed by atoms with Crippen LogP contribution in [0.15, 0.2) is 48.5 Å². The molecule has 0 radical (unpaired) electrons. The standard InChI is InChI=1S/C17H19FN2O/c1-13-6-3-4-7-14(13)11-20(2)12-17(21)19-16-9-5-8-15(18)10-16/h3-10H,11-12H2,1-2H3,(H,19,21)/p+1. The Balaban J connectivity index is 1.89. The average Bonchev–Trinajstić information content (AvgIpc) is 2.41. The fourth-order valence-corrected chi connectivity index (χ4v) is 2.24. The van der Waals surface area contributed by atoms with Gasteiger partial charge in [0.2, 0.25) is 0 Å². The van der Waals surface area contributed by atoms with Crippen LogP contribution >= 0.6 is 0 Å². The van der Waals surface area contributed by atoms with E-state index in [1.165, 1.54) is 23.3 Å². The van der Waals surface area contributed by atoms with Crippen molar-refractivity contribution in [3.05, 3.63) is 65.5 Å². The third-order valence-corrected chi connectivity index (χ3v) is 3.32. The Kier molecular flexibility index (Phi) is 5.06. The quantitative estimate of drug-likeness (QED) is 0.863. The first-order valence-corrected chi connectivity index (χ1v) is 6.96. The second-order valence-electron chi connectivity index (χ2n) is 5.30. The predicted octanol–water partition coefficient (Wildman–Crippen LogP) is 1.79. The summed E-state index contributed by atoms with van der Waals surface area (Å²) in [6, 6.07) is 14.1. The van der Waals surface area contributed by atoms with Crippen molar-refractivity contribution in [2.24, 2.45) is 0 Å². The maximum absolute atomic E-state index is 13.1. The molecular weight excluding hydrogens is 267 g/mol. The van der Waals surface area contributed by atoms with Gasteiger partial charge in [-0.2, -0.15) is 0 Å². The Bertz CT molecular complexity index is 628. The first-order valence-electron chi connectivity index (χ1n) is 6.96. The normalized spacial score (nSPS) is 12.0. The molecule has 0 aliphatic rings. The number of hydrogen-bond donors (Lipinski definition) is 2. The number of benzene rings is 2. The minimum atomic E-state index is -0.353. The molecule has 0 saturated heterocycles. The lowest BCUT2D eigenvalue weighted by atomic mass is 10.1. The second kappa shape index (κ2) is 6.99. The summed E-state index contributed by atoms with van der Waals surface area (Å²) in [4.78, 5) is 13.0. The molecule has 2 rings (SSSR count). The van der Waals surface area contributed by atoms with Gasteiger partial charge >= 0.3 is 0 Å². The van der Waals surface area contributed by atoms with Crippen molar-refractivity contribution in [3.63, 3.8) is 0 Å². The van der Waals surface area contributed by atoms with Crippen LogP contribution in [-0.2, 0) is 11.3 Å². The Morgan fingerprint density at radius 1 is 1.19 bits per heavy atom. The van der Waals surface area contributed by atoms with Crippen molar-refractivity contribution in [3.8, 4) is 0 Å². The maximum Gasteiger partial charge on any atom is 0.279 e. The Labute approximate surface area is 124 Å². The molecule has 0 heterocycles. The van der Waals surface area contributed by atoms with Crippen molar-refractivity contribution in [1.82, 2.24) is 0 Å². The van der Waals surface area contributed by atoms with Crippen LogP contribution in [-0.4, -0.2) is 19.5 Å². The van der Waals surface area contributed by atoms with Gasteiger partial charge in [-0.15, -0.1) is 0 Å². The highest BCUT2D eigenvalue weighted by atomic mass is 19.1. The third kappa shape index (κ3) is 4.68. The molecule has 1 amide bonds. The molecule has 0 spiro atoms. The smallest absolute Gasteiger partial charge is 0.279 e. The Hall–Kier alpha value is -2.20. The molecule has 2 aromatic rings. The number of anilines is 1. The highest BCUT2D eigenvalue weighted by Gasteiger charge is 2.12. The van der Waals surface area contributed by atoms with Crippen molar-refractivity contribution in [1.29, 1.82) is 0 Å². The van der Waals surface area contributed by atoms with Crippen LogP contribution in [0.3, 0.4) is 0 Å². The lowest BCUT2D eigenvalue weighted by molar-refractivity contribution is -0.885. The van der Waals surface area contributed by atoms with Crippen LogP contribution in [0, 0.1) is 12.7 Å². The van der Waals surface area contributed by atoms with Crippen molar-refractivity contribution >= 4 is 11.6 Å². The van der Waals surface area contributed by atoms with Gasteiger partial charge in [-0.05, 0) is 30.7 Å². The van der Waals surface area contributed by atoms with Crippen molar-refractivity contribution in [2.75, 3.05) is 18.9 Å². The van der Waals surface area contributed by atoms with Crippen molar-refractivity contribution < 1.29 is 14.1 Å². The monoisotopic (exact) mass is 287 g/mol. The molecule has 0 aliphatic carbocycles. The molecule has 1 atom stereocenters. The number of hydrogen-bond acceptors (Lipinski definition) is 1. The zero-order chi connectivity index (χ0) is 15.2. The van der Waals surface area contributed by atoms with Gasteiger partial charge < -0.3 is 10.2 Å². The van der Waals surface area contributed by atoms with Gasteiger partial charge in [0.05, 0.1) is 7.05 Å². The zero-order valence-electron chi connectivity index (χ0n) is 12.3. The van der Waals surface area contributed by atoms with Crippen LogP contribution in [0.1, 0.15) is 11.1 Å². The van der Waals surface area contributed by atoms with Gasteiger partial charge in [0.15, 0.2) is 6.54 Å². The summed E-state index contributed by atoms with van der Waals surface area (Å²) in [5.74, 6) is -0.472. The number of likely N-dealkylation sites (N-methyl/N-ethyl adjacent to an activating group) is 1. The van der Waals surface area contributed by atoms with Gasteiger partial charge in [-0.1, -0.05) is 30.3 Å². The molecule has 0 saturated carbocycles. The van der Waals surface area contributed by atoms with Crippen LogP contribution in [0.2, 0.25) is 0 Å². The number of quaternary nitrogens is 1. The van der Waals surface area contributed by atoms with Gasteiger partial charge in [0.1, 0.15) is 12.4 Å². The summed E-state index contributed by atoms with van der Waals surface area (Å²) in [5, 5.41) is 2.71. The number of aryl methyl sites for hydroxylation is 1. The van der Waals surface area contributed by atoms with E-state index < -0.39 is 0 Å². The van der Waals surface area contributed by atoms with E-state index in [1.807, 2.05) is 19.2 Å². The number of amides is 1. The molecular formula is C17H20FN2O+. The summed E-state index contributed by atoms with van der Waals surface area (Å²) < 4.78 is 13.1. The van der Waals surface area contributed by atoms with Gasteiger partial charge in [0, 0.05) is 11.3 Å². The van der Waals surface area contributed by atoms with E-state index in [9.17, 15) is 9.18 Å². The van der Waals surface area contributed by atoms with Crippen molar-refractivity contribution in [2.45, 2.75) is 13.5 Å². The largest absolute Gasteiger partial charge is 0.326 e. The number of rotatable bonds is 5. The van der Waals surface area contributed by atoms with Gasteiger partial charge in [-0.3, -0.25) is 4.79 Å². The summed E-state index contributed by atoms with van der Waals surface area (Å²) in [6.07, 6.45) is 0. The van der Waals surface area contributed by atoms with Crippen LogP contribution < -0.4 is 10.2 Å². The highest BCUT2D eigenvalue weighted by molar-refractivity contribution is 5.91. The molecule has 0 fully saturated rings. The molecule has 4 heteroatoms. The fraction of sp³-hybridized carbons (Fsp3) is 0.235. The lowest BCUT2D eigenvalue weighted by Crippen LogP contribution is -3.08. The van der Waals surface area contributed by atoms with E-state index in [2.05, 4.69) is 24.4 Å². The fourth-order valence-electron chi connectivity index (χ4n) is 2.24. The minimum Gasteiger partial charge on any atom is -0.326 e. The number of nitrogens with one attached hydrogen (secondary N) is 2. The van der Waals surface area contributed by atoms with Crippen LogP contribution in [0.5, 0.6) is 0 Å². The minimum absolute atomic E-state index is 0.119. The molecule has 0 aliphatic heterocycles. The van der Waals surface area contributed by atoms with E-state index >= 15 is 0 Å². The highest BCUT2D eigenvalue weighted by Crippen LogP contribution is 2.08. The molecule has 1 unspecified atom stereocenters. The lowest BCUT2D eigenvalue weighted by Gasteiger charge is -2.15. The van der Waals surface area contributed by atoms with E-state index in [4.69, 9.17) is 0 Å². The molecule has 21 heavy (non-hydrogen) atoms. The first-order chi connectivity index (χ1) is 10.0. The van der Waals surface area contributed by atoms with E-state index in [0.29, 0.717) is 12.2 Å². The molecule has 0 bridgehead atoms. The Morgan fingerprint density at radius 2 is 1.95 bits per heavy atom.